The van der Waals surface area contributed by atoms with Gasteiger partial charge in [-0.05, 0) is 125 Å². The molecule has 11 nitrogen and oxygen atoms in total. The molecule has 2 aromatic rings. The molecule has 15 heteroatoms. The van der Waals surface area contributed by atoms with Crippen LogP contribution in [0.4, 0.5) is 23.7 Å². The van der Waals surface area contributed by atoms with E-state index in [-0.39, 0.29) is 60.5 Å². The second-order valence-corrected chi connectivity index (χ2v) is 18.9. The van der Waals surface area contributed by atoms with Crippen LogP contribution in [0.2, 0.25) is 0 Å². The molecule has 310 valence electrons. The Balaban J connectivity index is 1.01. The third kappa shape index (κ3) is 8.65. The van der Waals surface area contributed by atoms with E-state index in [1.165, 1.54) is 30.2 Å². The molecule has 0 radical (unpaired) electrons. The Morgan fingerprint density at radius 2 is 1.74 bits per heavy atom. The first-order valence-electron chi connectivity index (χ1n) is 20.3. The first kappa shape index (κ1) is 41.3. The molecule has 4 atom stereocenters. The maximum atomic E-state index is 16.3. The van der Waals surface area contributed by atoms with Crippen LogP contribution in [0.1, 0.15) is 56.9 Å². The summed E-state index contributed by atoms with van der Waals surface area (Å²) in [7, 11) is -2.61. The van der Waals surface area contributed by atoms with E-state index in [2.05, 4.69) is 27.0 Å². The number of hydrogen-bond donors (Lipinski definition) is 2. The fourth-order valence-corrected chi connectivity index (χ4v) is 12.1. The fraction of sp³-hybridized carbons (Fsp3) is 0.619. The number of nitrogens with one attached hydrogen (secondary N) is 1. The molecular weight excluding hydrogens is 760 g/mol. The summed E-state index contributed by atoms with van der Waals surface area (Å²) in [6, 6.07) is 10.6. The largest absolute Gasteiger partial charge is 0.453 e. The lowest BCUT2D eigenvalue weighted by molar-refractivity contribution is -0.125. The molecule has 4 heterocycles. The molecule has 1 aliphatic carbocycles. The number of amides is 2. The number of alkyl halides is 1. The second kappa shape index (κ2) is 17.2. The zero-order valence-electron chi connectivity index (χ0n) is 32.6. The standard InChI is InChI=1S/C42H54F3N5O6S/c1-56-40(53)46-37-11-3-10-35(37)42(29-47-17-6-18-47,31-7-2-8-32(43)23-31)30-15-20-48(21-16-30)26-41(45)27-50(28-41)38-14-13-33(24-36(38)44)57(54,55)34-9-4-19-49(25-34)39(52)12-5-22-51/h2,7-8,13-14,23-24,30,34-35,37,51H,3-4,6,9-11,15-22,25-29H2,1H3,(H,46,53)/t34-,35-,37-,42-/m0/s1. The topological polar surface area (TPSA) is 123 Å². The molecule has 4 aliphatic heterocycles. The van der Waals surface area contributed by atoms with Crippen molar-refractivity contribution in [1.82, 2.24) is 20.0 Å². The van der Waals surface area contributed by atoms with Gasteiger partial charge in [-0.25, -0.2) is 26.4 Å². The minimum absolute atomic E-state index is 0.0321. The molecule has 2 N–H and O–H groups in total. The Morgan fingerprint density at radius 1 is 0.965 bits per heavy atom. The quantitative estimate of drug-likeness (QED) is 0.323. The van der Waals surface area contributed by atoms with Crippen molar-refractivity contribution in [3.05, 3.63) is 59.7 Å². The lowest BCUT2D eigenvalue weighted by Gasteiger charge is -2.54. The van der Waals surface area contributed by atoms with Gasteiger partial charge in [0.2, 0.25) is 0 Å². The van der Waals surface area contributed by atoms with Crippen molar-refractivity contribution in [2.75, 3.05) is 84.1 Å². The number of anilines is 1. The number of aliphatic hydroxyl groups is 1. The highest BCUT2D eigenvalue weighted by molar-refractivity contribution is 7.92. The predicted molar refractivity (Wildman–Crippen MR) is 209 cm³/mol. The number of halogens is 3. The molecule has 5 fully saturated rings. The molecule has 4 saturated heterocycles. The monoisotopic (exact) mass is 813 g/mol. The highest BCUT2D eigenvalue weighted by Crippen LogP contribution is 2.52. The zero-order valence-corrected chi connectivity index (χ0v) is 33.4. The number of benzene rings is 2. The number of carbonyl (C=O) groups excluding carboxylic acids is 2. The van der Waals surface area contributed by atoms with Crippen molar-refractivity contribution in [3.63, 3.8) is 0 Å². The van der Waals surface area contributed by atoms with Crippen LogP contribution in [-0.4, -0.2) is 136 Å². The van der Waals surface area contributed by atoms with Crippen molar-refractivity contribution in [2.24, 2.45) is 11.8 Å². The average molecular weight is 814 g/mol. The smallest absolute Gasteiger partial charge is 0.407 e. The number of sulfone groups is 1. The molecule has 5 aliphatic rings. The van der Waals surface area contributed by atoms with Gasteiger partial charge in [0.05, 0.1) is 36.0 Å². The minimum Gasteiger partial charge on any atom is -0.453 e. The van der Waals surface area contributed by atoms with Crippen LogP contribution in [-0.2, 0) is 24.8 Å². The van der Waals surface area contributed by atoms with Crippen LogP contribution >= 0.6 is 0 Å². The number of likely N-dealkylation sites (tertiary alicyclic amines) is 3. The molecule has 0 unspecified atom stereocenters. The zero-order chi connectivity index (χ0) is 40.4. The van der Waals surface area contributed by atoms with Crippen LogP contribution in [0.25, 0.3) is 0 Å². The van der Waals surface area contributed by atoms with E-state index in [1.54, 1.807) is 17.0 Å². The summed E-state index contributed by atoms with van der Waals surface area (Å²) in [6.07, 6.45) is 5.62. The van der Waals surface area contributed by atoms with Crippen LogP contribution in [0.15, 0.2) is 47.4 Å². The molecule has 7 rings (SSSR count). The first-order chi connectivity index (χ1) is 27.3. The Kier molecular flexibility index (Phi) is 12.5. The third-order valence-electron chi connectivity index (χ3n) is 13.2. The van der Waals surface area contributed by atoms with Gasteiger partial charge in [0.15, 0.2) is 15.5 Å². The summed E-state index contributed by atoms with van der Waals surface area (Å²) in [6.45, 7) is 3.92. The summed E-state index contributed by atoms with van der Waals surface area (Å²) < 4.78 is 78.9. The lowest BCUT2D eigenvalue weighted by Crippen LogP contribution is -2.65. The summed E-state index contributed by atoms with van der Waals surface area (Å²) in [5, 5.41) is 11.1. The van der Waals surface area contributed by atoms with Gasteiger partial charge in [0.1, 0.15) is 18.2 Å². The molecule has 0 bridgehead atoms. The van der Waals surface area contributed by atoms with Crippen LogP contribution in [0.3, 0.4) is 0 Å². The summed E-state index contributed by atoms with van der Waals surface area (Å²) in [5.41, 5.74) is -0.927. The Labute approximate surface area is 333 Å². The number of methoxy groups -OCH3 is 1. The lowest BCUT2D eigenvalue weighted by atomic mass is 9.57. The van der Waals surface area contributed by atoms with Crippen molar-refractivity contribution in [2.45, 2.75) is 78.6 Å². The summed E-state index contributed by atoms with van der Waals surface area (Å²) in [4.78, 5) is 32.1. The number of rotatable bonds is 11. The summed E-state index contributed by atoms with van der Waals surface area (Å²) >= 11 is 0. The second-order valence-electron chi connectivity index (χ2n) is 16.7. The van der Waals surface area contributed by atoms with E-state index in [4.69, 9.17) is 9.84 Å². The first-order valence-corrected chi connectivity index (χ1v) is 21.8. The van der Waals surface area contributed by atoms with Crippen molar-refractivity contribution in [3.8, 4) is 11.8 Å². The normalized spacial score (nSPS) is 25.4. The van der Waals surface area contributed by atoms with Gasteiger partial charge in [0, 0.05) is 37.6 Å². The number of piperidine rings is 2. The highest BCUT2D eigenvalue weighted by Gasteiger charge is 2.54. The molecule has 0 spiro atoms. The molecule has 2 aromatic carbocycles. The van der Waals surface area contributed by atoms with E-state index in [0.29, 0.717) is 32.5 Å². The van der Waals surface area contributed by atoms with E-state index >= 15 is 13.2 Å². The van der Waals surface area contributed by atoms with E-state index < -0.39 is 50.6 Å². The van der Waals surface area contributed by atoms with Crippen molar-refractivity contribution in [1.29, 1.82) is 0 Å². The number of aliphatic hydroxyl groups excluding tert-OH is 1. The Morgan fingerprint density at radius 3 is 2.40 bits per heavy atom. The van der Waals surface area contributed by atoms with Gasteiger partial charge in [-0.2, -0.15) is 0 Å². The van der Waals surface area contributed by atoms with E-state index in [1.807, 2.05) is 6.07 Å². The van der Waals surface area contributed by atoms with Crippen molar-refractivity contribution >= 4 is 27.5 Å². The van der Waals surface area contributed by atoms with Gasteiger partial charge in [0.25, 0.3) is 5.91 Å². The molecule has 1 saturated carbocycles. The minimum atomic E-state index is -3.98. The van der Waals surface area contributed by atoms with E-state index in [9.17, 15) is 18.0 Å². The number of ether oxygens (including phenoxy) is 1. The highest BCUT2D eigenvalue weighted by atomic mass is 32.2. The maximum Gasteiger partial charge on any atom is 0.407 e. The number of nitrogens with zero attached hydrogens (tertiary/aromatic N) is 4. The van der Waals surface area contributed by atoms with Crippen LogP contribution < -0.4 is 10.2 Å². The third-order valence-corrected chi connectivity index (χ3v) is 15.4. The number of alkyl carbamates (subject to hydrolysis) is 1. The van der Waals surface area contributed by atoms with Gasteiger partial charge in [-0.15, -0.1) is 0 Å². The SMILES string of the molecule is COC(=O)N[C@H]1CCC[C@@H]1[C@](CN1CCC1)(c1cccc(F)c1)C1CCN(CC2(F)CN(c3ccc(S(=O)(=O)[C@H]4CCCN(C(=O)C#CCO)C4)cc3F)C2)CC1. The Hall–Kier alpha value is -3.84. The summed E-state index contributed by atoms with van der Waals surface area (Å²) in [5.74, 6) is 3.22. The van der Waals surface area contributed by atoms with Crippen LogP contribution in [0, 0.1) is 35.3 Å². The molecular formula is C42H54F3N5O6S. The molecule has 2 amide bonds. The van der Waals surface area contributed by atoms with Gasteiger partial charge in [-0.3, -0.25) is 9.69 Å². The fourth-order valence-electron chi connectivity index (χ4n) is 10.3. The van der Waals surface area contributed by atoms with Gasteiger partial charge >= 0.3 is 6.09 Å². The number of carbonyl (C=O) groups is 2. The van der Waals surface area contributed by atoms with Crippen molar-refractivity contribution < 1.29 is 41.0 Å². The average Bonchev–Trinajstić information content (AvgIpc) is 3.64. The molecule has 0 aromatic heterocycles. The van der Waals surface area contributed by atoms with Crippen LogP contribution in [0.5, 0.6) is 0 Å². The van der Waals surface area contributed by atoms with Gasteiger partial charge in [-0.1, -0.05) is 24.5 Å². The predicted octanol–water partition coefficient (Wildman–Crippen LogP) is 4.13. The molecule has 57 heavy (non-hydrogen) atoms. The van der Waals surface area contributed by atoms with Gasteiger partial charge < -0.3 is 29.9 Å². The van der Waals surface area contributed by atoms with E-state index in [0.717, 1.165) is 69.8 Å². The Bertz CT molecular complexity index is 1960. The number of hydrogen-bond acceptors (Lipinski definition) is 9. The maximum absolute atomic E-state index is 16.3.